The van der Waals surface area contributed by atoms with Gasteiger partial charge >= 0.3 is 0 Å². The van der Waals surface area contributed by atoms with Crippen LogP contribution in [0.1, 0.15) is 5.56 Å². The number of fused-ring (bicyclic) bond motifs is 3. The number of nitrogens with one attached hydrogen (secondary N) is 1. The van der Waals surface area contributed by atoms with Gasteiger partial charge in [-0.25, -0.2) is 0 Å². The van der Waals surface area contributed by atoms with Gasteiger partial charge in [-0.2, -0.15) is 0 Å². The molecule has 4 rings (SSSR count). The Hall–Kier alpha value is -1.90. The van der Waals surface area contributed by atoms with Gasteiger partial charge in [0.1, 0.15) is 0 Å². The minimum Gasteiger partial charge on any atom is -0.319 e. The van der Waals surface area contributed by atoms with E-state index < -0.39 is 0 Å². The predicted octanol–water partition coefficient (Wildman–Crippen LogP) is 2.75. The molecule has 1 heterocycles. The van der Waals surface area contributed by atoms with Crippen molar-refractivity contribution in [3.05, 3.63) is 60.2 Å². The lowest BCUT2D eigenvalue weighted by Crippen LogP contribution is -2.62. The van der Waals surface area contributed by atoms with E-state index in [2.05, 4.69) is 59.9 Å². The fraction of sp³-hybridized carbons (Fsp3) is 0.176. The van der Waals surface area contributed by atoms with E-state index in [1.807, 2.05) is 0 Å². The Morgan fingerprint density at radius 1 is 0.842 bits per heavy atom. The molecular formula is C17H16N2. The first-order chi connectivity index (χ1) is 9.26. The molecule has 3 aromatic carbocycles. The molecule has 3 N–H and O–H groups in total. The van der Waals surface area contributed by atoms with Gasteiger partial charge in [-0.15, -0.1) is 0 Å². The van der Waals surface area contributed by atoms with Crippen molar-refractivity contribution in [1.82, 2.24) is 5.32 Å². The molecule has 0 aromatic heterocycles. The van der Waals surface area contributed by atoms with Crippen LogP contribution in [0.3, 0.4) is 0 Å². The molecule has 0 saturated carbocycles. The summed E-state index contributed by atoms with van der Waals surface area (Å²) >= 11 is 0. The largest absolute Gasteiger partial charge is 0.319 e. The zero-order valence-electron chi connectivity index (χ0n) is 10.7. The van der Waals surface area contributed by atoms with Crippen LogP contribution in [-0.4, -0.2) is 13.1 Å². The fourth-order valence-electron chi connectivity index (χ4n) is 2.91. The van der Waals surface area contributed by atoms with E-state index in [9.17, 15) is 0 Å². The Morgan fingerprint density at radius 3 is 2.26 bits per heavy atom. The third-order valence-corrected chi connectivity index (χ3v) is 4.20. The van der Waals surface area contributed by atoms with Gasteiger partial charge in [0.2, 0.25) is 0 Å². The summed E-state index contributed by atoms with van der Waals surface area (Å²) in [6.45, 7) is 1.73. The highest BCUT2D eigenvalue weighted by Crippen LogP contribution is 2.30. The normalized spacial score (nSPS) is 17.5. The standard InChI is InChI=1S/C17H16N2/c18-17(10-19-11-17)14-8-7-13-6-5-12-3-1-2-4-15(12)16(13)9-14/h1-9,19H,10-11,18H2. The smallest absolute Gasteiger partial charge is 0.0662 e. The molecule has 0 atom stereocenters. The molecule has 0 bridgehead atoms. The summed E-state index contributed by atoms with van der Waals surface area (Å²) in [5, 5.41) is 8.42. The van der Waals surface area contributed by atoms with Crippen molar-refractivity contribution in [3.63, 3.8) is 0 Å². The van der Waals surface area contributed by atoms with Crippen LogP contribution in [0, 0.1) is 0 Å². The van der Waals surface area contributed by atoms with Crippen molar-refractivity contribution in [2.45, 2.75) is 5.54 Å². The quantitative estimate of drug-likeness (QED) is 0.650. The molecule has 19 heavy (non-hydrogen) atoms. The number of hydrogen-bond donors (Lipinski definition) is 2. The van der Waals surface area contributed by atoms with Crippen LogP contribution < -0.4 is 11.1 Å². The number of hydrogen-bond acceptors (Lipinski definition) is 2. The summed E-state index contributed by atoms with van der Waals surface area (Å²) in [4.78, 5) is 0. The predicted molar refractivity (Wildman–Crippen MR) is 80.2 cm³/mol. The molecule has 3 aromatic rings. The summed E-state index contributed by atoms with van der Waals surface area (Å²) in [7, 11) is 0. The maximum Gasteiger partial charge on any atom is 0.0662 e. The van der Waals surface area contributed by atoms with Crippen LogP contribution in [0.25, 0.3) is 21.5 Å². The molecule has 0 unspecified atom stereocenters. The zero-order chi connectivity index (χ0) is 12.9. The first-order valence-corrected chi connectivity index (χ1v) is 6.68. The maximum atomic E-state index is 6.40. The van der Waals surface area contributed by atoms with Gasteiger partial charge in [-0.3, -0.25) is 0 Å². The second-order valence-corrected chi connectivity index (χ2v) is 5.48. The van der Waals surface area contributed by atoms with Crippen molar-refractivity contribution >= 4 is 21.5 Å². The van der Waals surface area contributed by atoms with Gasteiger partial charge in [0, 0.05) is 13.1 Å². The minimum absolute atomic E-state index is 0.189. The van der Waals surface area contributed by atoms with Crippen LogP contribution >= 0.6 is 0 Å². The van der Waals surface area contributed by atoms with Gasteiger partial charge < -0.3 is 11.1 Å². The Kier molecular flexibility index (Phi) is 2.19. The van der Waals surface area contributed by atoms with Crippen LogP contribution in [0.15, 0.2) is 54.6 Å². The number of rotatable bonds is 1. The summed E-state index contributed by atoms with van der Waals surface area (Å²) in [6.07, 6.45) is 0. The van der Waals surface area contributed by atoms with Crippen LogP contribution in [-0.2, 0) is 5.54 Å². The summed E-state index contributed by atoms with van der Waals surface area (Å²) < 4.78 is 0. The lowest BCUT2D eigenvalue weighted by molar-refractivity contribution is 0.287. The highest BCUT2D eigenvalue weighted by Gasteiger charge is 2.34. The summed E-state index contributed by atoms with van der Waals surface area (Å²) in [5.74, 6) is 0. The highest BCUT2D eigenvalue weighted by atomic mass is 15.1. The summed E-state index contributed by atoms with van der Waals surface area (Å²) in [6, 6.07) is 19.5. The first kappa shape index (κ1) is 11.0. The molecule has 1 aliphatic rings. The van der Waals surface area contributed by atoms with Gasteiger partial charge in [0.05, 0.1) is 5.54 Å². The fourth-order valence-corrected chi connectivity index (χ4v) is 2.91. The molecule has 1 fully saturated rings. The molecule has 94 valence electrons. The first-order valence-electron chi connectivity index (χ1n) is 6.68. The average molecular weight is 248 g/mol. The molecular weight excluding hydrogens is 232 g/mol. The Morgan fingerprint density at radius 2 is 1.53 bits per heavy atom. The molecule has 2 nitrogen and oxygen atoms in total. The van der Waals surface area contributed by atoms with E-state index in [-0.39, 0.29) is 5.54 Å². The lowest BCUT2D eigenvalue weighted by atomic mass is 9.84. The van der Waals surface area contributed by atoms with E-state index in [1.165, 1.54) is 27.1 Å². The zero-order valence-corrected chi connectivity index (χ0v) is 10.7. The third kappa shape index (κ3) is 1.57. The molecule has 0 spiro atoms. The number of nitrogens with two attached hydrogens (primary N) is 1. The second-order valence-electron chi connectivity index (χ2n) is 5.48. The lowest BCUT2D eigenvalue weighted by Gasteiger charge is -2.39. The number of benzene rings is 3. The van der Waals surface area contributed by atoms with E-state index >= 15 is 0 Å². The van der Waals surface area contributed by atoms with Crippen molar-refractivity contribution in [1.29, 1.82) is 0 Å². The van der Waals surface area contributed by atoms with Gasteiger partial charge in [-0.05, 0) is 33.2 Å². The topological polar surface area (TPSA) is 38.0 Å². The third-order valence-electron chi connectivity index (χ3n) is 4.20. The Labute approximate surface area is 112 Å². The van der Waals surface area contributed by atoms with Crippen molar-refractivity contribution in [3.8, 4) is 0 Å². The molecule has 0 aliphatic carbocycles. The Bertz CT molecular complexity index is 772. The molecule has 2 heteroatoms. The van der Waals surface area contributed by atoms with E-state index in [0.717, 1.165) is 13.1 Å². The van der Waals surface area contributed by atoms with Crippen molar-refractivity contribution in [2.24, 2.45) is 5.73 Å². The monoisotopic (exact) mass is 248 g/mol. The van der Waals surface area contributed by atoms with Gasteiger partial charge in [0.25, 0.3) is 0 Å². The van der Waals surface area contributed by atoms with Crippen LogP contribution in [0.5, 0.6) is 0 Å². The molecule has 0 radical (unpaired) electrons. The highest BCUT2D eigenvalue weighted by molar-refractivity contribution is 6.07. The van der Waals surface area contributed by atoms with Gasteiger partial charge in [-0.1, -0.05) is 48.5 Å². The van der Waals surface area contributed by atoms with Crippen molar-refractivity contribution < 1.29 is 0 Å². The molecule has 1 aliphatic heterocycles. The molecule has 1 saturated heterocycles. The Balaban J connectivity index is 2.03. The molecule has 0 amide bonds. The van der Waals surface area contributed by atoms with Crippen LogP contribution in [0.4, 0.5) is 0 Å². The van der Waals surface area contributed by atoms with E-state index in [4.69, 9.17) is 5.73 Å². The van der Waals surface area contributed by atoms with E-state index in [0.29, 0.717) is 0 Å². The van der Waals surface area contributed by atoms with Crippen molar-refractivity contribution in [2.75, 3.05) is 13.1 Å². The SMILES string of the molecule is NC1(c2ccc3ccc4ccccc4c3c2)CNC1. The van der Waals surface area contributed by atoms with E-state index in [1.54, 1.807) is 0 Å². The van der Waals surface area contributed by atoms with Crippen LogP contribution in [0.2, 0.25) is 0 Å². The summed E-state index contributed by atoms with van der Waals surface area (Å²) in [5.41, 5.74) is 7.44. The minimum atomic E-state index is -0.189. The maximum absolute atomic E-state index is 6.40. The second kappa shape index (κ2) is 3.80. The average Bonchev–Trinajstić information content (AvgIpc) is 2.44. The van der Waals surface area contributed by atoms with Gasteiger partial charge in [0.15, 0.2) is 0 Å².